The Kier molecular flexibility index (Phi) is 3.92. The van der Waals surface area contributed by atoms with Gasteiger partial charge in [0, 0.05) is 18.3 Å². The van der Waals surface area contributed by atoms with Crippen LogP contribution >= 0.6 is 0 Å². The first kappa shape index (κ1) is 12.5. The highest BCUT2D eigenvalue weighted by Crippen LogP contribution is 2.21. The lowest BCUT2D eigenvalue weighted by Gasteiger charge is -2.08. The van der Waals surface area contributed by atoms with Gasteiger partial charge in [0.2, 0.25) is 5.88 Å². The Hall–Kier alpha value is -1.91. The quantitative estimate of drug-likeness (QED) is 0.866. The first-order valence-electron chi connectivity index (χ1n) is 5.78. The van der Waals surface area contributed by atoms with Crippen LogP contribution in [0.3, 0.4) is 0 Å². The molecule has 0 saturated heterocycles. The summed E-state index contributed by atoms with van der Waals surface area (Å²) in [7, 11) is 0. The molecule has 2 rings (SSSR count). The molecule has 4 nitrogen and oxygen atoms in total. The van der Waals surface area contributed by atoms with E-state index in [0.29, 0.717) is 11.6 Å². The number of benzene rings is 1. The highest BCUT2D eigenvalue weighted by molar-refractivity contribution is 5.31. The molecule has 18 heavy (non-hydrogen) atoms. The maximum atomic E-state index is 9.04. The van der Waals surface area contributed by atoms with E-state index in [2.05, 4.69) is 4.98 Å². The summed E-state index contributed by atoms with van der Waals surface area (Å²) in [6, 6.07) is 10.9. The van der Waals surface area contributed by atoms with Gasteiger partial charge in [0.1, 0.15) is 5.75 Å². The van der Waals surface area contributed by atoms with Crippen LogP contribution in [0.4, 0.5) is 0 Å². The second-order valence-electron chi connectivity index (χ2n) is 4.13. The summed E-state index contributed by atoms with van der Waals surface area (Å²) in [5, 5.41) is 9.04. The lowest BCUT2D eigenvalue weighted by Crippen LogP contribution is -2.05. The lowest BCUT2D eigenvalue weighted by molar-refractivity contribution is 0.281. The predicted molar refractivity (Wildman–Crippen MR) is 69.3 cm³/mol. The number of hydrogen-bond donors (Lipinski definition) is 2. The van der Waals surface area contributed by atoms with Gasteiger partial charge in [-0.1, -0.05) is 18.2 Å². The fourth-order valence-electron chi connectivity index (χ4n) is 1.55. The molecule has 1 aromatic carbocycles. The van der Waals surface area contributed by atoms with E-state index in [1.165, 1.54) is 0 Å². The normalized spacial score (nSPS) is 12.2. The van der Waals surface area contributed by atoms with Crippen LogP contribution in [0, 0.1) is 0 Å². The molecular formula is C14H16N2O2. The fourth-order valence-corrected chi connectivity index (χ4v) is 1.55. The van der Waals surface area contributed by atoms with E-state index in [0.717, 1.165) is 11.1 Å². The number of ether oxygens (including phenoxy) is 1. The molecule has 1 atom stereocenters. The average Bonchev–Trinajstić information content (AvgIpc) is 2.39. The Balaban J connectivity index is 2.13. The van der Waals surface area contributed by atoms with Crippen molar-refractivity contribution in [1.82, 2.24) is 4.98 Å². The maximum absolute atomic E-state index is 9.04. The van der Waals surface area contributed by atoms with Crippen molar-refractivity contribution in [2.75, 3.05) is 0 Å². The maximum Gasteiger partial charge on any atom is 0.219 e. The van der Waals surface area contributed by atoms with Gasteiger partial charge in [0.25, 0.3) is 0 Å². The number of nitrogens with two attached hydrogens (primary N) is 1. The lowest BCUT2D eigenvalue weighted by atomic mass is 10.2. The minimum Gasteiger partial charge on any atom is -0.439 e. The summed E-state index contributed by atoms with van der Waals surface area (Å²) in [5.41, 5.74) is 7.52. The van der Waals surface area contributed by atoms with Crippen LogP contribution in [0.2, 0.25) is 0 Å². The standard InChI is InChI=1S/C14H16N2O2/c1-10(15)12-5-6-14(16-8-12)18-13-4-2-3-11(7-13)9-17/h2-8,10,17H,9,15H2,1H3/t10-/m1/s1. The first-order chi connectivity index (χ1) is 8.69. The molecule has 0 aliphatic heterocycles. The summed E-state index contributed by atoms with van der Waals surface area (Å²) in [4.78, 5) is 4.19. The number of nitrogens with zero attached hydrogens (tertiary/aromatic N) is 1. The zero-order chi connectivity index (χ0) is 13.0. The second-order valence-corrected chi connectivity index (χ2v) is 4.13. The van der Waals surface area contributed by atoms with Gasteiger partial charge in [-0.3, -0.25) is 0 Å². The third kappa shape index (κ3) is 3.06. The third-order valence-electron chi connectivity index (χ3n) is 2.59. The van der Waals surface area contributed by atoms with E-state index in [1.54, 1.807) is 18.3 Å². The molecule has 3 N–H and O–H groups in total. The van der Waals surface area contributed by atoms with Gasteiger partial charge in [-0.15, -0.1) is 0 Å². The average molecular weight is 244 g/mol. The van der Waals surface area contributed by atoms with Gasteiger partial charge in [-0.25, -0.2) is 4.98 Å². The molecule has 0 amide bonds. The summed E-state index contributed by atoms with van der Waals surface area (Å²) in [6.45, 7) is 1.90. The topological polar surface area (TPSA) is 68.4 Å². The van der Waals surface area contributed by atoms with Gasteiger partial charge in [0.15, 0.2) is 0 Å². The molecule has 0 aliphatic rings. The molecule has 94 valence electrons. The van der Waals surface area contributed by atoms with Crippen LogP contribution in [-0.2, 0) is 6.61 Å². The molecule has 0 unspecified atom stereocenters. The number of hydrogen-bond acceptors (Lipinski definition) is 4. The number of rotatable bonds is 4. The summed E-state index contributed by atoms with van der Waals surface area (Å²) in [6.07, 6.45) is 1.70. The number of aliphatic hydroxyl groups is 1. The second kappa shape index (κ2) is 5.62. The van der Waals surface area contributed by atoms with Gasteiger partial charge in [0.05, 0.1) is 6.61 Å². The van der Waals surface area contributed by atoms with Crippen molar-refractivity contribution >= 4 is 0 Å². The predicted octanol–water partition coefficient (Wildman–Crippen LogP) is 2.39. The Labute approximate surface area is 106 Å². The molecule has 4 heteroatoms. The summed E-state index contributed by atoms with van der Waals surface area (Å²) >= 11 is 0. The largest absolute Gasteiger partial charge is 0.439 e. The van der Waals surface area contributed by atoms with E-state index >= 15 is 0 Å². The van der Waals surface area contributed by atoms with Gasteiger partial charge in [-0.05, 0) is 30.2 Å². The minimum absolute atomic E-state index is 0.00570. The molecule has 0 saturated carbocycles. The third-order valence-corrected chi connectivity index (χ3v) is 2.59. The highest BCUT2D eigenvalue weighted by Gasteiger charge is 2.02. The Morgan fingerprint density at radius 1 is 1.33 bits per heavy atom. The van der Waals surface area contributed by atoms with Crippen LogP contribution < -0.4 is 10.5 Å². The SMILES string of the molecule is C[C@@H](N)c1ccc(Oc2cccc(CO)c2)nc1. The Morgan fingerprint density at radius 3 is 2.78 bits per heavy atom. The number of aliphatic hydroxyl groups excluding tert-OH is 1. The van der Waals surface area contributed by atoms with Gasteiger partial charge >= 0.3 is 0 Å². The molecule has 0 spiro atoms. The van der Waals surface area contributed by atoms with Crippen molar-refractivity contribution in [1.29, 1.82) is 0 Å². The highest BCUT2D eigenvalue weighted by atomic mass is 16.5. The van der Waals surface area contributed by atoms with Crippen molar-refractivity contribution < 1.29 is 9.84 Å². The van der Waals surface area contributed by atoms with Crippen molar-refractivity contribution in [3.05, 3.63) is 53.7 Å². The fraction of sp³-hybridized carbons (Fsp3) is 0.214. The first-order valence-corrected chi connectivity index (χ1v) is 5.78. The van der Waals surface area contributed by atoms with Crippen molar-refractivity contribution in [3.63, 3.8) is 0 Å². The zero-order valence-corrected chi connectivity index (χ0v) is 10.2. The van der Waals surface area contributed by atoms with Crippen molar-refractivity contribution in [3.8, 4) is 11.6 Å². The molecule has 0 bridgehead atoms. The van der Waals surface area contributed by atoms with Gasteiger partial charge < -0.3 is 15.6 Å². The number of pyridine rings is 1. The smallest absolute Gasteiger partial charge is 0.219 e. The molecule has 0 radical (unpaired) electrons. The van der Waals surface area contributed by atoms with Crippen LogP contribution in [0.5, 0.6) is 11.6 Å². The molecule has 0 fully saturated rings. The van der Waals surface area contributed by atoms with Crippen molar-refractivity contribution in [2.45, 2.75) is 19.6 Å². The van der Waals surface area contributed by atoms with E-state index in [9.17, 15) is 0 Å². The molecule has 2 aromatic rings. The number of aromatic nitrogens is 1. The molecule has 0 aliphatic carbocycles. The van der Waals surface area contributed by atoms with Gasteiger partial charge in [-0.2, -0.15) is 0 Å². The van der Waals surface area contributed by atoms with Crippen LogP contribution in [0.25, 0.3) is 0 Å². The van der Waals surface area contributed by atoms with E-state index in [4.69, 9.17) is 15.6 Å². The van der Waals surface area contributed by atoms with Crippen LogP contribution in [0.15, 0.2) is 42.6 Å². The van der Waals surface area contributed by atoms with E-state index in [1.807, 2.05) is 31.2 Å². The van der Waals surface area contributed by atoms with Crippen LogP contribution in [0.1, 0.15) is 24.1 Å². The van der Waals surface area contributed by atoms with E-state index < -0.39 is 0 Å². The van der Waals surface area contributed by atoms with E-state index in [-0.39, 0.29) is 12.6 Å². The summed E-state index contributed by atoms with van der Waals surface area (Å²) < 4.78 is 5.59. The summed E-state index contributed by atoms with van der Waals surface area (Å²) in [5.74, 6) is 1.16. The Morgan fingerprint density at radius 2 is 2.17 bits per heavy atom. The Bertz CT molecular complexity index is 509. The molecular weight excluding hydrogens is 228 g/mol. The monoisotopic (exact) mass is 244 g/mol. The molecule has 1 aromatic heterocycles. The zero-order valence-electron chi connectivity index (χ0n) is 10.2. The molecule has 1 heterocycles. The van der Waals surface area contributed by atoms with Crippen molar-refractivity contribution in [2.24, 2.45) is 5.73 Å². The minimum atomic E-state index is -0.0377. The van der Waals surface area contributed by atoms with Crippen LogP contribution in [-0.4, -0.2) is 10.1 Å².